The number of anilines is 1. The Morgan fingerprint density at radius 3 is 2.57 bits per heavy atom. The van der Waals surface area contributed by atoms with Crippen molar-refractivity contribution >= 4 is 22.6 Å². The number of furan rings is 1. The highest BCUT2D eigenvalue weighted by Gasteiger charge is 2.20. The van der Waals surface area contributed by atoms with Gasteiger partial charge in [-0.05, 0) is 37.3 Å². The minimum atomic E-state index is -0.369. The number of hydrogen-bond acceptors (Lipinski definition) is 6. The molecule has 0 atom stereocenters. The molecule has 0 fully saturated rings. The van der Waals surface area contributed by atoms with E-state index in [2.05, 4.69) is 15.5 Å². The molecule has 2 heterocycles. The van der Waals surface area contributed by atoms with Gasteiger partial charge in [0.2, 0.25) is 0 Å². The molecular formula is C20H18N4O4. The van der Waals surface area contributed by atoms with Crippen molar-refractivity contribution in [2.75, 3.05) is 19.5 Å². The monoisotopic (exact) mass is 378 g/mol. The Bertz CT molecular complexity index is 1150. The molecule has 4 aromatic rings. The lowest BCUT2D eigenvalue weighted by Crippen LogP contribution is -2.13. The lowest BCUT2D eigenvalue weighted by molar-refractivity contribution is 0.0997. The molecule has 0 bridgehead atoms. The minimum absolute atomic E-state index is 0.236. The van der Waals surface area contributed by atoms with Crippen molar-refractivity contribution in [3.05, 3.63) is 60.4 Å². The van der Waals surface area contributed by atoms with Crippen LogP contribution in [0.4, 0.5) is 5.69 Å². The second-order valence-corrected chi connectivity index (χ2v) is 6.13. The van der Waals surface area contributed by atoms with E-state index in [0.717, 1.165) is 16.6 Å². The van der Waals surface area contributed by atoms with Crippen LogP contribution in [0.25, 0.3) is 16.7 Å². The second kappa shape index (κ2) is 7.07. The molecule has 4 rings (SSSR count). The summed E-state index contributed by atoms with van der Waals surface area (Å²) in [7, 11) is 3.13. The van der Waals surface area contributed by atoms with Crippen LogP contribution in [0.5, 0.6) is 11.5 Å². The number of methoxy groups -OCH3 is 2. The highest BCUT2D eigenvalue weighted by Crippen LogP contribution is 2.31. The average molecular weight is 378 g/mol. The maximum Gasteiger partial charge on any atom is 0.291 e. The molecule has 0 aliphatic heterocycles. The Balaban J connectivity index is 1.69. The van der Waals surface area contributed by atoms with Crippen LogP contribution < -0.4 is 14.8 Å². The number of nitrogens with zero attached hydrogens (tertiary/aromatic N) is 3. The molecular weight excluding hydrogens is 360 g/mol. The van der Waals surface area contributed by atoms with E-state index in [1.807, 2.05) is 25.1 Å². The summed E-state index contributed by atoms with van der Waals surface area (Å²) < 4.78 is 18.1. The van der Waals surface area contributed by atoms with Crippen molar-refractivity contribution in [3.8, 4) is 17.2 Å². The maximum atomic E-state index is 12.9. The first-order chi connectivity index (χ1) is 13.6. The van der Waals surface area contributed by atoms with Gasteiger partial charge >= 0.3 is 0 Å². The zero-order valence-electron chi connectivity index (χ0n) is 15.6. The van der Waals surface area contributed by atoms with Crippen molar-refractivity contribution in [1.82, 2.24) is 14.8 Å². The molecule has 0 aliphatic carbocycles. The largest absolute Gasteiger partial charge is 0.497 e. The van der Waals surface area contributed by atoms with Gasteiger partial charge in [-0.3, -0.25) is 9.36 Å². The van der Waals surface area contributed by atoms with Crippen molar-refractivity contribution in [2.45, 2.75) is 6.92 Å². The topological polar surface area (TPSA) is 91.4 Å². The average Bonchev–Trinajstić information content (AvgIpc) is 3.36. The Morgan fingerprint density at radius 2 is 1.86 bits per heavy atom. The zero-order chi connectivity index (χ0) is 19.7. The summed E-state index contributed by atoms with van der Waals surface area (Å²) in [5.41, 5.74) is 2.64. The fraction of sp³-hybridized carbons (Fsp3) is 0.150. The third-order valence-electron chi connectivity index (χ3n) is 4.50. The fourth-order valence-corrected chi connectivity index (χ4v) is 3.02. The van der Waals surface area contributed by atoms with E-state index in [-0.39, 0.29) is 11.7 Å². The molecule has 142 valence electrons. The van der Waals surface area contributed by atoms with Gasteiger partial charge < -0.3 is 19.2 Å². The summed E-state index contributed by atoms with van der Waals surface area (Å²) in [5.74, 6) is 1.06. The Hall–Kier alpha value is -3.81. The van der Waals surface area contributed by atoms with Crippen molar-refractivity contribution < 1.29 is 18.7 Å². The number of rotatable bonds is 5. The normalized spacial score (nSPS) is 10.8. The number of benzene rings is 2. The number of carbonyl (C=O) groups excluding carboxylic acids is 1. The highest BCUT2D eigenvalue weighted by molar-refractivity contribution is 6.07. The second-order valence-electron chi connectivity index (χ2n) is 6.13. The third kappa shape index (κ3) is 3.05. The number of aromatic nitrogens is 3. The minimum Gasteiger partial charge on any atom is -0.497 e. The van der Waals surface area contributed by atoms with Gasteiger partial charge in [-0.2, -0.15) is 0 Å². The van der Waals surface area contributed by atoms with Gasteiger partial charge in [0.25, 0.3) is 5.91 Å². The first-order valence-corrected chi connectivity index (χ1v) is 8.52. The highest BCUT2D eigenvalue weighted by atomic mass is 16.5. The van der Waals surface area contributed by atoms with Gasteiger partial charge in [-0.25, -0.2) is 0 Å². The van der Waals surface area contributed by atoms with Gasteiger partial charge in [-0.1, -0.05) is 0 Å². The lowest BCUT2D eigenvalue weighted by Gasteiger charge is -2.12. The molecule has 1 amide bonds. The molecule has 28 heavy (non-hydrogen) atoms. The van der Waals surface area contributed by atoms with Gasteiger partial charge in [0.15, 0.2) is 5.76 Å². The van der Waals surface area contributed by atoms with Gasteiger partial charge in [0.05, 0.1) is 25.6 Å². The first-order valence-electron chi connectivity index (χ1n) is 8.52. The summed E-state index contributed by atoms with van der Waals surface area (Å²) >= 11 is 0. The molecule has 0 saturated heterocycles. The summed E-state index contributed by atoms with van der Waals surface area (Å²) in [4.78, 5) is 12.9. The molecule has 1 N–H and O–H groups in total. The smallest absolute Gasteiger partial charge is 0.291 e. The molecule has 8 heteroatoms. The summed E-state index contributed by atoms with van der Waals surface area (Å²) in [6, 6.07) is 10.8. The summed E-state index contributed by atoms with van der Waals surface area (Å²) in [6.07, 6.45) is 3.15. The molecule has 0 spiro atoms. The van der Waals surface area contributed by atoms with Crippen molar-refractivity contribution in [3.63, 3.8) is 0 Å². The SMILES string of the molecule is COc1ccc2c(C)c(C(=O)Nc3cc(-n4cnnc4)ccc3OC)oc2c1. The van der Waals surface area contributed by atoms with Gasteiger partial charge in [-0.15, -0.1) is 10.2 Å². The maximum absolute atomic E-state index is 12.9. The van der Waals surface area contributed by atoms with Crippen LogP contribution in [-0.4, -0.2) is 34.9 Å². The van der Waals surface area contributed by atoms with Crippen LogP contribution in [0.15, 0.2) is 53.5 Å². The van der Waals surface area contributed by atoms with E-state index in [9.17, 15) is 4.79 Å². The van der Waals surface area contributed by atoms with E-state index in [1.54, 1.807) is 49.6 Å². The van der Waals surface area contributed by atoms with Crippen LogP contribution in [0.2, 0.25) is 0 Å². The number of fused-ring (bicyclic) bond motifs is 1. The molecule has 0 radical (unpaired) electrons. The number of ether oxygens (including phenoxy) is 2. The summed E-state index contributed by atoms with van der Waals surface area (Å²) in [5, 5.41) is 11.3. The van der Waals surface area contributed by atoms with E-state index < -0.39 is 0 Å². The number of nitrogens with one attached hydrogen (secondary N) is 1. The Morgan fingerprint density at radius 1 is 1.07 bits per heavy atom. The number of amides is 1. The Labute approximate surface area is 160 Å². The van der Waals surface area contributed by atoms with Crippen LogP contribution in [0, 0.1) is 6.92 Å². The predicted molar refractivity (Wildman–Crippen MR) is 103 cm³/mol. The molecule has 2 aromatic heterocycles. The predicted octanol–water partition coefficient (Wildman–Crippen LogP) is 3.59. The standard InChI is InChI=1S/C20H18N4O4/c1-12-15-6-5-14(26-2)9-18(15)28-19(12)20(25)23-16-8-13(4-7-17(16)27-3)24-10-21-22-11-24/h4-11H,1-3H3,(H,23,25). The molecule has 0 aliphatic rings. The van der Waals surface area contributed by atoms with Crippen LogP contribution in [-0.2, 0) is 0 Å². The summed E-state index contributed by atoms with van der Waals surface area (Å²) in [6.45, 7) is 1.85. The van der Waals surface area contributed by atoms with Gasteiger partial charge in [0.1, 0.15) is 29.7 Å². The van der Waals surface area contributed by atoms with E-state index in [4.69, 9.17) is 13.9 Å². The van der Waals surface area contributed by atoms with Crippen molar-refractivity contribution in [1.29, 1.82) is 0 Å². The van der Waals surface area contributed by atoms with Crippen LogP contribution in [0.3, 0.4) is 0 Å². The van der Waals surface area contributed by atoms with E-state index in [0.29, 0.717) is 22.8 Å². The Kier molecular flexibility index (Phi) is 4.44. The molecule has 8 nitrogen and oxygen atoms in total. The van der Waals surface area contributed by atoms with Crippen molar-refractivity contribution in [2.24, 2.45) is 0 Å². The fourth-order valence-electron chi connectivity index (χ4n) is 3.02. The van der Waals surface area contributed by atoms with Crippen LogP contribution in [0.1, 0.15) is 16.1 Å². The van der Waals surface area contributed by atoms with Crippen LogP contribution >= 0.6 is 0 Å². The molecule has 2 aromatic carbocycles. The first kappa shape index (κ1) is 17.6. The lowest BCUT2D eigenvalue weighted by atomic mass is 10.1. The number of aryl methyl sites for hydroxylation is 1. The van der Waals surface area contributed by atoms with E-state index >= 15 is 0 Å². The van der Waals surface area contributed by atoms with E-state index in [1.165, 1.54) is 0 Å². The van der Waals surface area contributed by atoms with Gasteiger partial charge in [0, 0.05) is 17.0 Å². The molecule has 0 unspecified atom stereocenters. The quantitative estimate of drug-likeness (QED) is 0.571. The third-order valence-corrected chi connectivity index (χ3v) is 4.50. The molecule has 0 saturated carbocycles. The number of carbonyl (C=O) groups is 1. The zero-order valence-corrected chi connectivity index (χ0v) is 15.6. The number of hydrogen-bond donors (Lipinski definition) is 1.